The SMILES string of the molecule is CN(O)C(=O)C(C)(C)CC/C=C\C[C@H]1[C@@H](CSC2CCCCC2)[C@H]2CC[C@@H]1O2. The minimum absolute atomic E-state index is 0.220. The Morgan fingerprint density at radius 1 is 1.11 bits per heavy atom. The summed E-state index contributed by atoms with van der Waals surface area (Å²) in [7, 11) is 1.40. The Morgan fingerprint density at radius 2 is 1.79 bits per heavy atom. The van der Waals surface area contributed by atoms with Crippen molar-refractivity contribution in [3.05, 3.63) is 12.2 Å². The van der Waals surface area contributed by atoms with Crippen LogP contribution in [-0.2, 0) is 9.53 Å². The first-order valence-corrected chi connectivity index (χ1v) is 12.3. The lowest BCUT2D eigenvalue weighted by atomic mass is 9.78. The molecule has 2 aliphatic heterocycles. The molecule has 3 rings (SSSR count). The summed E-state index contributed by atoms with van der Waals surface area (Å²) < 4.78 is 6.28. The highest BCUT2D eigenvalue weighted by molar-refractivity contribution is 7.99. The van der Waals surface area contributed by atoms with E-state index < -0.39 is 5.41 Å². The minimum Gasteiger partial charge on any atom is -0.374 e. The fourth-order valence-corrected chi connectivity index (χ4v) is 6.89. The van der Waals surface area contributed by atoms with Crippen molar-refractivity contribution in [3.63, 3.8) is 0 Å². The van der Waals surface area contributed by atoms with Crippen molar-refractivity contribution in [1.82, 2.24) is 5.06 Å². The Hall–Kier alpha value is -0.520. The van der Waals surface area contributed by atoms with Crippen LogP contribution >= 0.6 is 11.8 Å². The molecule has 28 heavy (non-hydrogen) atoms. The van der Waals surface area contributed by atoms with Crippen LogP contribution in [-0.4, -0.2) is 46.4 Å². The van der Waals surface area contributed by atoms with Crippen LogP contribution in [0.1, 0.15) is 78.1 Å². The van der Waals surface area contributed by atoms with Crippen molar-refractivity contribution in [2.75, 3.05) is 12.8 Å². The van der Waals surface area contributed by atoms with Crippen LogP contribution in [0.15, 0.2) is 12.2 Å². The lowest BCUT2D eigenvalue weighted by Gasteiger charge is -2.29. The molecule has 1 amide bonds. The highest BCUT2D eigenvalue weighted by atomic mass is 32.2. The predicted molar refractivity (Wildman–Crippen MR) is 116 cm³/mol. The van der Waals surface area contributed by atoms with Crippen LogP contribution < -0.4 is 0 Å². The van der Waals surface area contributed by atoms with Crippen molar-refractivity contribution in [3.8, 4) is 0 Å². The summed E-state index contributed by atoms with van der Waals surface area (Å²) in [4.78, 5) is 12.0. The maximum absolute atomic E-state index is 12.0. The Labute approximate surface area is 175 Å². The highest BCUT2D eigenvalue weighted by Gasteiger charge is 2.48. The molecule has 0 aromatic carbocycles. The molecule has 4 nitrogen and oxygen atoms in total. The van der Waals surface area contributed by atoms with Gasteiger partial charge in [-0.1, -0.05) is 45.3 Å². The van der Waals surface area contributed by atoms with E-state index in [4.69, 9.17) is 4.74 Å². The van der Waals surface area contributed by atoms with E-state index in [-0.39, 0.29) is 5.91 Å². The summed E-state index contributed by atoms with van der Waals surface area (Å²) in [6.45, 7) is 3.80. The smallest absolute Gasteiger partial charge is 0.251 e. The summed E-state index contributed by atoms with van der Waals surface area (Å²) in [5.41, 5.74) is -0.525. The van der Waals surface area contributed by atoms with Gasteiger partial charge in [0.15, 0.2) is 0 Å². The standard InChI is InChI=1S/C23H39NO3S/c1-23(2,22(25)24(3)26)15-9-5-8-12-18-19(21-14-13-20(18)27-21)16-28-17-10-6-4-7-11-17/h5,8,17-21,26H,4,6-7,9-16H2,1-3H3/b8-5-/t18-,19+,20-,21+/m0/s1. The van der Waals surface area contributed by atoms with Crippen molar-refractivity contribution >= 4 is 17.7 Å². The summed E-state index contributed by atoms with van der Waals surface area (Å²) in [5, 5.41) is 11.0. The molecule has 4 atom stereocenters. The first-order valence-electron chi connectivity index (χ1n) is 11.3. The fourth-order valence-electron chi connectivity index (χ4n) is 5.27. The van der Waals surface area contributed by atoms with Crippen LogP contribution in [0.5, 0.6) is 0 Å². The second-order valence-corrected chi connectivity index (χ2v) is 11.0. The van der Waals surface area contributed by atoms with Crippen LogP contribution in [0.3, 0.4) is 0 Å². The molecule has 3 fully saturated rings. The van der Waals surface area contributed by atoms with E-state index in [9.17, 15) is 10.0 Å². The predicted octanol–water partition coefficient (Wildman–Crippen LogP) is 5.45. The van der Waals surface area contributed by atoms with E-state index in [1.54, 1.807) is 0 Å². The van der Waals surface area contributed by atoms with Crippen LogP contribution in [0.2, 0.25) is 0 Å². The Morgan fingerprint density at radius 3 is 2.46 bits per heavy atom. The van der Waals surface area contributed by atoms with Gasteiger partial charge in [-0.05, 0) is 62.5 Å². The molecule has 5 heteroatoms. The molecular formula is C23H39NO3S. The largest absolute Gasteiger partial charge is 0.374 e. The van der Waals surface area contributed by atoms with E-state index >= 15 is 0 Å². The molecule has 1 aliphatic carbocycles. The number of ether oxygens (including phenoxy) is 1. The first-order chi connectivity index (χ1) is 13.4. The molecule has 2 heterocycles. The van der Waals surface area contributed by atoms with Gasteiger partial charge in [-0.25, -0.2) is 5.06 Å². The van der Waals surface area contributed by atoms with E-state index in [1.165, 1.54) is 57.7 Å². The molecule has 1 saturated carbocycles. The van der Waals surface area contributed by atoms with E-state index in [0.717, 1.165) is 30.4 Å². The number of nitrogens with zero attached hydrogens (tertiary/aromatic N) is 1. The monoisotopic (exact) mass is 409 g/mol. The average Bonchev–Trinajstić information content (AvgIpc) is 3.28. The molecule has 0 aromatic rings. The first kappa shape index (κ1) is 22.2. The second kappa shape index (κ2) is 9.99. The molecule has 1 N–H and O–H groups in total. The van der Waals surface area contributed by atoms with Gasteiger partial charge in [-0.2, -0.15) is 11.8 Å². The topological polar surface area (TPSA) is 49.8 Å². The van der Waals surface area contributed by atoms with Gasteiger partial charge in [0.1, 0.15) is 0 Å². The molecule has 2 saturated heterocycles. The average molecular weight is 410 g/mol. The summed E-state index contributed by atoms with van der Waals surface area (Å²) in [5.74, 6) is 2.44. The molecule has 160 valence electrons. The van der Waals surface area contributed by atoms with Gasteiger partial charge >= 0.3 is 0 Å². The molecule has 0 radical (unpaired) electrons. The van der Waals surface area contributed by atoms with Crippen molar-refractivity contribution in [2.24, 2.45) is 17.3 Å². The molecule has 2 bridgehead atoms. The summed E-state index contributed by atoms with van der Waals surface area (Å²) in [6, 6.07) is 0. The minimum atomic E-state index is -0.525. The normalized spacial score (nSPS) is 31.0. The number of hydrogen-bond acceptors (Lipinski definition) is 4. The zero-order valence-corrected chi connectivity index (χ0v) is 18.8. The van der Waals surface area contributed by atoms with Gasteiger partial charge in [0.25, 0.3) is 5.91 Å². The molecule has 3 aliphatic rings. The number of fused-ring (bicyclic) bond motifs is 2. The lowest BCUT2D eigenvalue weighted by molar-refractivity contribution is -0.169. The number of thioether (sulfide) groups is 1. The van der Waals surface area contributed by atoms with E-state index in [2.05, 4.69) is 23.9 Å². The molecule has 0 spiro atoms. The van der Waals surface area contributed by atoms with Gasteiger partial charge in [0.05, 0.1) is 12.2 Å². The van der Waals surface area contributed by atoms with Gasteiger partial charge in [0, 0.05) is 17.7 Å². The third-order valence-corrected chi connectivity index (χ3v) is 8.57. The number of carbonyl (C=O) groups excluding carboxylic acids is 1. The van der Waals surface area contributed by atoms with Crippen LogP contribution in [0.25, 0.3) is 0 Å². The number of amides is 1. The number of hydrogen-bond donors (Lipinski definition) is 1. The van der Waals surface area contributed by atoms with Gasteiger partial charge in [-0.15, -0.1) is 0 Å². The highest BCUT2D eigenvalue weighted by Crippen LogP contribution is 2.47. The summed E-state index contributed by atoms with van der Waals surface area (Å²) in [6.07, 6.45) is 17.8. The zero-order chi connectivity index (χ0) is 20.1. The fraction of sp³-hybridized carbons (Fsp3) is 0.870. The van der Waals surface area contributed by atoms with Gasteiger partial charge < -0.3 is 4.74 Å². The third-order valence-electron chi connectivity index (χ3n) is 7.05. The van der Waals surface area contributed by atoms with Crippen molar-refractivity contribution in [2.45, 2.75) is 95.5 Å². The lowest BCUT2D eigenvalue weighted by Crippen LogP contribution is -2.36. The molecule has 0 unspecified atom stereocenters. The molecular weight excluding hydrogens is 370 g/mol. The summed E-state index contributed by atoms with van der Waals surface area (Å²) >= 11 is 2.22. The molecule has 0 aromatic heterocycles. The quantitative estimate of drug-likeness (QED) is 0.313. The Kier molecular flexibility index (Phi) is 7.91. The van der Waals surface area contributed by atoms with Crippen LogP contribution in [0, 0.1) is 17.3 Å². The number of allylic oxidation sites excluding steroid dienone is 2. The number of rotatable bonds is 9. The zero-order valence-electron chi connectivity index (χ0n) is 17.9. The van der Waals surface area contributed by atoms with Gasteiger partial charge in [-0.3, -0.25) is 10.0 Å². The third kappa shape index (κ3) is 5.54. The number of hydroxylamine groups is 2. The second-order valence-electron chi connectivity index (χ2n) is 9.67. The maximum atomic E-state index is 12.0. The number of carbonyl (C=O) groups is 1. The Balaban J connectivity index is 1.44. The van der Waals surface area contributed by atoms with Gasteiger partial charge in [0.2, 0.25) is 0 Å². The van der Waals surface area contributed by atoms with E-state index in [1.807, 2.05) is 13.8 Å². The Bertz CT molecular complexity index is 542. The van der Waals surface area contributed by atoms with Crippen molar-refractivity contribution < 1.29 is 14.7 Å². The van der Waals surface area contributed by atoms with E-state index in [0.29, 0.717) is 23.2 Å². The van der Waals surface area contributed by atoms with Crippen LogP contribution in [0.4, 0.5) is 0 Å². The van der Waals surface area contributed by atoms with Crippen molar-refractivity contribution in [1.29, 1.82) is 0 Å². The maximum Gasteiger partial charge on any atom is 0.251 e.